The van der Waals surface area contributed by atoms with Crippen molar-refractivity contribution in [3.63, 3.8) is 0 Å². The van der Waals surface area contributed by atoms with Gasteiger partial charge in [0.1, 0.15) is 4.90 Å². The van der Waals surface area contributed by atoms with Crippen molar-refractivity contribution in [2.45, 2.75) is 39.5 Å². The summed E-state index contributed by atoms with van der Waals surface area (Å²) in [6.07, 6.45) is 0. The number of nitro benzene ring substituents is 1. The molecule has 0 saturated carbocycles. The molecule has 1 aromatic carbocycles. The molecular weight excluding hydrogens is 332 g/mol. The zero-order valence-corrected chi connectivity index (χ0v) is 15.4. The van der Waals surface area contributed by atoms with Gasteiger partial charge >= 0.3 is 0 Å². The number of hydrogen-bond donors (Lipinski definition) is 1. The number of hydrazone groups is 1. The SMILES string of the molecule is CCN(CC)S(=O)(=O)c1cc([N+](=O)[O-])ccc1N/N=C(/C)C(C)C. The molecule has 0 aliphatic heterocycles. The molecule has 0 bridgehead atoms. The highest BCUT2D eigenvalue weighted by Gasteiger charge is 2.27. The van der Waals surface area contributed by atoms with Gasteiger partial charge in [0.2, 0.25) is 10.0 Å². The summed E-state index contributed by atoms with van der Waals surface area (Å²) >= 11 is 0. The van der Waals surface area contributed by atoms with Gasteiger partial charge in [0.15, 0.2) is 0 Å². The smallest absolute Gasteiger partial charge is 0.270 e. The second kappa shape index (κ2) is 8.20. The van der Waals surface area contributed by atoms with E-state index in [9.17, 15) is 18.5 Å². The minimum Gasteiger partial charge on any atom is -0.277 e. The number of sulfonamides is 1. The van der Waals surface area contributed by atoms with Gasteiger partial charge in [-0.1, -0.05) is 27.7 Å². The molecule has 0 aliphatic carbocycles. The number of benzene rings is 1. The first-order valence-corrected chi connectivity index (χ1v) is 9.17. The van der Waals surface area contributed by atoms with Gasteiger partial charge < -0.3 is 0 Å². The van der Waals surface area contributed by atoms with E-state index in [4.69, 9.17) is 0 Å². The maximum absolute atomic E-state index is 12.8. The molecule has 9 heteroatoms. The summed E-state index contributed by atoms with van der Waals surface area (Å²) in [6.45, 7) is 9.72. The van der Waals surface area contributed by atoms with Crippen molar-refractivity contribution in [2.75, 3.05) is 18.5 Å². The fraction of sp³-hybridized carbons (Fsp3) is 0.533. The third-order valence-corrected chi connectivity index (χ3v) is 5.78. The van der Waals surface area contributed by atoms with Crippen LogP contribution >= 0.6 is 0 Å². The zero-order chi connectivity index (χ0) is 18.5. The summed E-state index contributed by atoms with van der Waals surface area (Å²) in [5, 5.41) is 15.2. The van der Waals surface area contributed by atoms with E-state index >= 15 is 0 Å². The van der Waals surface area contributed by atoms with E-state index in [2.05, 4.69) is 10.5 Å². The maximum atomic E-state index is 12.8. The van der Waals surface area contributed by atoms with Gasteiger partial charge in [-0.2, -0.15) is 9.41 Å². The van der Waals surface area contributed by atoms with Gasteiger partial charge in [-0.05, 0) is 18.9 Å². The topological polar surface area (TPSA) is 105 Å². The van der Waals surface area contributed by atoms with E-state index in [-0.39, 0.29) is 35.3 Å². The van der Waals surface area contributed by atoms with Crippen molar-refractivity contribution in [1.82, 2.24) is 4.31 Å². The molecule has 0 aromatic heterocycles. The molecule has 0 saturated heterocycles. The quantitative estimate of drug-likeness (QED) is 0.438. The molecule has 1 rings (SSSR count). The van der Waals surface area contributed by atoms with E-state index in [1.807, 2.05) is 20.8 Å². The molecule has 24 heavy (non-hydrogen) atoms. The number of rotatable bonds is 8. The Balaban J connectivity index is 3.45. The summed E-state index contributed by atoms with van der Waals surface area (Å²) < 4.78 is 26.8. The average molecular weight is 356 g/mol. The molecule has 0 fully saturated rings. The summed E-state index contributed by atoms with van der Waals surface area (Å²) in [5.41, 5.74) is 3.45. The molecule has 0 aliphatic rings. The Kier molecular flexibility index (Phi) is 6.85. The lowest BCUT2D eigenvalue weighted by Gasteiger charge is -2.20. The van der Waals surface area contributed by atoms with Crippen LogP contribution in [0.2, 0.25) is 0 Å². The van der Waals surface area contributed by atoms with Crippen LogP contribution in [0.3, 0.4) is 0 Å². The van der Waals surface area contributed by atoms with Gasteiger partial charge in [-0.3, -0.25) is 15.5 Å². The van der Waals surface area contributed by atoms with Crippen molar-refractivity contribution in [3.8, 4) is 0 Å². The predicted octanol–water partition coefficient (Wildman–Crippen LogP) is 3.07. The number of anilines is 1. The highest BCUT2D eigenvalue weighted by molar-refractivity contribution is 7.89. The normalized spacial score (nSPS) is 12.7. The lowest BCUT2D eigenvalue weighted by atomic mass is 10.1. The number of nitrogens with one attached hydrogen (secondary N) is 1. The molecular formula is C15H24N4O4S. The molecule has 1 N–H and O–H groups in total. The molecule has 0 atom stereocenters. The maximum Gasteiger partial charge on any atom is 0.270 e. The van der Waals surface area contributed by atoms with E-state index in [1.165, 1.54) is 16.4 Å². The lowest BCUT2D eigenvalue weighted by molar-refractivity contribution is -0.385. The lowest BCUT2D eigenvalue weighted by Crippen LogP contribution is -2.31. The summed E-state index contributed by atoms with van der Waals surface area (Å²) in [5.74, 6) is 0.193. The monoisotopic (exact) mass is 356 g/mol. The van der Waals surface area contributed by atoms with E-state index in [0.29, 0.717) is 0 Å². The van der Waals surface area contributed by atoms with Gasteiger partial charge in [0.25, 0.3) is 5.69 Å². The van der Waals surface area contributed by atoms with Gasteiger partial charge in [-0.15, -0.1) is 0 Å². The number of nitrogens with zero attached hydrogens (tertiary/aromatic N) is 3. The zero-order valence-electron chi connectivity index (χ0n) is 14.6. The second-order valence-corrected chi connectivity index (χ2v) is 7.45. The van der Waals surface area contributed by atoms with Crippen LogP contribution in [0.4, 0.5) is 11.4 Å². The first-order chi connectivity index (χ1) is 11.1. The first-order valence-electron chi connectivity index (χ1n) is 7.73. The van der Waals surface area contributed by atoms with Crippen molar-refractivity contribution >= 4 is 27.1 Å². The Morgan fingerprint density at radius 2 is 1.92 bits per heavy atom. The van der Waals surface area contributed by atoms with Crippen LogP contribution in [0.15, 0.2) is 28.2 Å². The molecule has 0 heterocycles. The number of non-ortho nitro benzene ring substituents is 1. The fourth-order valence-electron chi connectivity index (χ4n) is 1.91. The van der Waals surface area contributed by atoms with Crippen LogP contribution in [-0.2, 0) is 10.0 Å². The fourth-order valence-corrected chi connectivity index (χ4v) is 3.53. The van der Waals surface area contributed by atoms with Crippen LogP contribution in [0.25, 0.3) is 0 Å². The average Bonchev–Trinajstić information content (AvgIpc) is 2.52. The molecule has 1 aromatic rings. The van der Waals surface area contributed by atoms with Gasteiger partial charge in [-0.25, -0.2) is 8.42 Å². The van der Waals surface area contributed by atoms with E-state index in [1.54, 1.807) is 13.8 Å². The van der Waals surface area contributed by atoms with Crippen molar-refractivity contribution in [3.05, 3.63) is 28.3 Å². The Bertz CT molecular complexity index is 725. The highest BCUT2D eigenvalue weighted by Crippen LogP contribution is 2.29. The molecule has 0 spiro atoms. The van der Waals surface area contributed by atoms with Gasteiger partial charge in [0, 0.05) is 30.9 Å². The third kappa shape index (κ3) is 4.51. The van der Waals surface area contributed by atoms with Crippen molar-refractivity contribution in [2.24, 2.45) is 11.0 Å². The van der Waals surface area contributed by atoms with E-state index < -0.39 is 14.9 Å². The van der Waals surface area contributed by atoms with Crippen molar-refractivity contribution < 1.29 is 13.3 Å². The van der Waals surface area contributed by atoms with Crippen molar-refractivity contribution in [1.29, 1.82) is 0 Å². The largest absolute Gasteiger partial charge is 0.277 e. The minimum absolute atomic E-state index is 0.152. The summed E-state index contributed by atoms with van der Waals surface area (Å²) in [7, 11) is -3.86. The summed E-state index contributed by atoms with van der Waals surface area (Å²) in [4.78, 5) is 10.2. The van der Waals surface area contributed by atoms with Crippen LogP contribution < -0.4 is 5.43 Å². The number of hydrogen-bond acceptors (Lipinski definition) is 6. The standard InChI is InChI=1S/C15H24N4O4S/c1-6-18(7-2)24(22,23)15-10-13(19(20)21)8-9-14(15)17-16-12(5)11(3)4/h8-11,17H,6-7H2,1-5H3/b16-12-. The van der Waals surface area contributed by atoms with Crippen LogP contribution in [0.1, 0.15) is 34.6 Å². The number of nitro groups is 1. The second-order valence-electron chi connectivity index (χ2n) is 5.55. The molecule has 8 nitrogen and oxygen atoms in total. The Hall–Kier alpha value is -2.00. The predicted molar refractivity (Wildman–Crippen MR) is 94.8 cm³/mol. The van der Waals surface area contributed by atoms with Crippen LogP contribution in [0.5, 0.6) is 0 Å². The Labute approximate surface area is 142 Å². The van der Waals surface area contributed by atoms with Crippen LogP contribution in [0, 0.1) is 16.0 Å². The van der Waals surface area contributed by atoms with Crippen LogP contribution in [-0.4, -0.2) is 36.4 Å². The Morgan fingerprint density at radius 1 is 1.33 bits per heavy atom. The molecule has 134 valence electrons. The first kappa shape index (κ1) is 20.0. The molecule has 0 radical (unpaired) electrons. The van der Waals surface area contributed by atoms with E-state index in [0.717, 1.165) is 11.8 Å². The third-order valence-electron chi connectivity index (χ3n) is 3.69. The molecule has 0 amide bonds. The molecule has 0 unspecified atom stereocenters. The summed E-state index contributed by atoms with van der Waals surface area (Å²) in [6, 6.07) is 3.69. The minimum atomic E-state index is -3.86. The Morgan fingerprint density at radius 3 is 2.38 bits per heavy atom. The van der Waals surface area contributed by atoms with Gasteiger partial charge in [0.05, 0.1) is 10.6 Å². The highest BCUT2D eigenvalue weighted by atomic mass is 32.2.